The van der Waals surface area contributed by atoms with Crippen LogP contribution >= 0.6 is 22.9 Å². The first-order chi connectivity index (χ1) is 12.0. The molecule has 0 aliphatic carbocycles. The maximum Gasteiger partial charge on any atom is 0.270 e. The third-order valence-corrected chi connectivity index (χ3v) is 4.68. The van der Waals surface area contributed by atoms with Gasteiger partial charge in [-0.3, -0.25) is 4.79 Å². The first kappa shape index (κ1) is 17.5. The molecule has 0 aliphatic rings. The summed E-state index contributed by atoms with van der Waals surface area (Å²) < 4.78 is 13.0. The summed E-state index contributed by atoms with van der Waals surface area (Å²) in [4.78, 5) is 16.4. The molecular formula is C18H14ClFN2O2S. The van der Waals surface area contributed by atoms with Crippen molar-refractivity contribution in [2.75, 3.05) is 6.54 Å². The zero-order valence-corrected chi connectivity index (χ0v) is 14.5. The molecule has 1 aromatic heterocycles. The second kappa shape index (κ2) is 7.74. The van der Waals surface area contributed by atoms with Gasteiger partial charge in [0.25, 0.3) is 5.91 Å². The van der Waals surface area contributed by atoms with Gasteiger partial charge in [0.15, 0.2) is 0 Å². The van der Waals surface area contributed by atoms with Gasteiger partial charge in [-0.1, -0.05) is 23.7 Å². The molecule has 4 nitrogen and oxygen atoms in total. The second-order valence-electron chi connectivity index (χ2n) is 5.32. The quantitative estimate of drug-likeness (QED) is 0.705. The van der Waals surface area contributed by atoms with E-state index >= 15 is 0 Å². The van der Waals surface area contributed by atoms with Crippen LogP contribution in [0.5, 0.6) is 0 Å². The molecule has 0 aliphatic heterocycles. The van der Waals surface area contributed by atoms with E-state index in [1.54, 1.807) is 41.8 Å². The predicted molar refractivity (Wildman–Crippen MR) is 96.3 cm³/mol. The fraction of sp³-hybridized carbons (Fsp3) is 0.111. The number of amides is 1. The van der Waals surface area contributed by atoms with Crippen molar-refractivity contribution in [2.24, 2.45) is 0 Å². The van der Waals surface area contributed by atoms with Crippen molar-refractivity contribution in [1.82, 2.24) is 10.3 Å². The Bertz CT molecular complexity index is 866. The molecule has 0 radical (unpaired) electrons. The van der Waals surface area contributed by atoms with E-state index in [2.05, 4.69) is 10.3 Å². The van der Waals surface area contributed by atoms with Crippen LogP contribution in [0.4, 0.5) is 4.39 Å². The van der Waals surface area contributed by atoms with Crippen molar-refractivity contribution < 1.29 is 14.3 Å². The SMILES string of the molecule is O=C(NCC(O)c1ccc(Cl)cc1)c1csc(-c2ccc(F)cc2)n1. The second-order valence-corrected chi connectivity index (χ2v) is 6.62. The summed E-state index contributed by atoms with van der Waals surface area (Å²) in [5, 5.41) is 15.6. The Morgan fingerprint density at radius 1 is 1.20 bits per heavy atom. The average Bonchev–Trinajstić information content (AvgIpc) is 3.11. The number of aliphatic hydroxyl groups excluding tert-OH is 1. The van der Waals surface area contributed by atoms with Gasteiger partial charge in [-0.25, -0.2) is 9.37 Å². The molecule has 0 fully saturated rings. The van der Waals surface area contributed by atoms with Crippen molar-refractivity contribution in [3.8, 4) is 10.6 Å². The van der Waals surface area contributed by atoms with E-state index in [1.807, 2.05) is 0 Å². The Labute approximate surface area is 152 Å². The number of hydrogen-bond acceptors (Lipinski definition) is 4. The van der Waals surface area contributed by atoms with Gasteiger partial charge >= 0.3 is 0 Å². The number of aromatic nitrogens is 1. The summed E-state index contributed by atoms with van der Waals surface area (Å²) in [5.74, 6) is -0.702. The molecule has 0 bridgehead atoms. The minimum Gasteiger partial charge on any atom is -0.387 e. The minimum atomic E-state index is -0.837. The fourth-order valence-corrected chi connectivity index (χ4v) is 3.12. The van der Waals surface area contributed by atoms with Crippen molar-refractivity contribution in [2.45, 2.75) is 6.10 Å². The summed E-state index contributed by atoms with van der Waals surface area (Å²) >= 11 is 7.10. The first-order valence-electron chi connectivity index (χ1n) is 7.46. The summed E-state index contributed by atoms with van der Waals surface area (Å²) in [6.45, 7) is 0.0594. The van der Waals surface area contributed by atoms with Crippen LogP contribution in [0, 0.1) is 5.82 Å². The maximum atomic E-state index is 13.0. The molecule has 3 aromatic rings. The molecular weight excluding hydrogens is 363 g/mol. The smallest absolute Gasteiger partial charge is 0.270 e. The van der Waals surface area contributed by atoms with Gasteiger partial charge in [0.1, 0.15) is 16.5 Å². The Hall–Kier alpha value is -2.28. The lowest BCUT2D eigenvalue weighted by atomic mass is 10.1. The Morgan fingerprint density at radius 2 is 1.88 bits per heavy atom. The fourth-order valence-electron chi connectivity index (χ4n) is 2.19. The number of benzene rings is 2. The highest BCUT2D eigenvalue weighted by atomic mass is 35.5. The van der Waals surface area contributed by atoms with E-state index in [9.17, 15) is 14.3 Å². The molecule has 1 atom stereocenters. The topological polar surface area (TPSA) is 62.2 Å². The van der Waals surface area contributed by atoms with Crippen molar-refractivity contribution in [3.63, 3.8) is 0 Å². The maximum absolute atomic E-state index is 13.0. The highest BCUT2D eigenvalue weighted by Gasteiger charge is 2.14. The number of hydrogen-bond donors (Lipinski definition) is 2. The average molecular weight is 377 g/mol. The molecule has 7 heteroatoms. The minimum absolute atomic E-state index is 0.0594. The van der Waals surface area contributed by atoms with Crippen LogP contribution in [0.2, 0.25) is 5.02 Å². The molecule has 2 N–H and O–H groups in total. The lowest BCUT2D eigenvalue weighted by Gasteiger charge is -2.11. The normalized spacial score (nSPS) is 12.0. The summed E-state index contributed by atoms with van der Waals surface area (Å²) in [6.07, 6.45) is -0.837. The van der Waals surface area contributed by atoms with Gasteiger partial charge < -0.3 is 10.4 Å². The molecule has 2 aromatic carbocycles. The van der Waals surface area contributed by atoms with Gasteiger partial charge in [-0.05, 0) is 42.0 Å². The van der Waals surface area contributed by atoms with Gasteiger partial charge in [-0.2, -0.15) is 0 Å². The van der Waals surface area contributed by atoms with Gasteiger partial charge in [0.05, 0.1) is 6.10 Å². The first-order valence-corrected chi connectivity index (χ1v) is 8.72. The molecule has 1 unspecified atom stereocenters. The Kier molecular flexibility index (Phi) is 5.43. The van der Waals surface area contributed by atoms with Crippen LogP contribution in [-0.2, 0) is 0 Å². The number of nitrogens with one attached hydrogen (secondary N) is 1. The van der Waals surface area contributed by atoms with Crippen LogP contribution in [0.25, 0.3) is 10.6 Å². The van der Waals surface area contributed by atoms with Gasteiger partial charge in [0.2, 0.25) is 0 Å². The van der Waals surface area contributed by atoms with Crippen molar-refractivity contribution in [1.29, 1.82) is 0 Å². The zero-order chi connectivity index (χ0) is 17.8. The lowest BCUT2D eigenvalue weighted by molar-refractivity contribution is 0.0912. The number of halogens is 2. The molecule has 25 heavy (non-hydrogen) atoms. The third-order valence-electron chi connectivity index (χ3n) is 3.54. The molecule has 0 spiro atoms. The van der Waals surface area contributed by atoms with E-state index in [1.165, 1.54) is 23.5 Å². The lowest BCUT2D eigenvalue weighted by Crippen LogP contribution is -2.28. The van der Waals surface area contributed by atoms with Crippen LogP contribution in [0.3, 0.4) is 0 Å². The molecule has 1 amide bonds. The van der Waals surface area contributed by atoms with Gasteiger partial charge in [0, 0.05) is 22.5 Å². The van der Waals surface area contributed by atoms with E-state index in [0.717, 1.165) is 5.56 Å². The highest BCUT2D eigenvalue weighted by molar-refractivity contribution is 7.13. The molecule has 0 saturated carbocycles. The predicted octanol–water partition coefficient (Wildman–Crippen LogP) is 4.07. The van der Waals surface area contributed by atoms with E-state index in [0.29, 0.717) is 15.6 Å². The van der Waals surface area contributed by atoms with Crippen molar-refractivity contribution >= 4 is 28.8 Å². The Morgan fingerprint density at radius 3 is 2.56 bits per heavy atom. The van der Waals surface area contributed by atoms with Crippen LogP contribution in [0.15, 0.2) is 53.9 Å². The largest absolute Gasteiger partial charge is 0.387 e. The van der Waals surface area contributed by atoms with Crippen LogP contribution in [0.1, 0.15) is 22.2 Å². The molecule has 128 valence electrons. The number of carbonyl (C=O) groups is 1. The van der Waals surface area contributed by atoms with E-state index in [4.69, 9.17) is 11.6 Å². The summed E-state index contributed by atoms with van der Waals surface area (Å²) in [7, 11) is 0. The van der Waals surface area contributed by atoms with Crippen LogP contribution in [-0.4, -0.2) is 22.5 Å². The van der Waals surface area contributed by atoms with Crippen LogP contribution < -0.4 is 5.32 Å². The monoisotopic (exact) mass is 376 g/mol. The number of rotatable bonds is 5. The number of aliphatic hydroxyl groups is 1. The standard InChI is InChI=1S/C18H14ClFN2O2S/c19-13-5-1-11(2-6-13)16(23)9-21-17(24)15-10-25-18(22-15)12-3-7-14(20)8-4-12/h1-8,10,16,23H,9H2,(H,21,24). The molecule has 3 rings (SSSR count). The molecule has 0 saturated heterocycles. The van der Waals surface area contributed by atoms with Gasteiger partial charge in [-0.15, -0.1) is 11.3 Å². The zero-order valence-electron chi connectivity index (χ0n) is 12.9. The number of carbonyl (C=O) groups excluding carboxylic acids is 1. The highest BCUT2D eigenvalue weighted by Crippen LogP contribution is 2.24. The van der Waals surface area contributed by atoms with E-state index in [-0.39, 0.29) is 24.0 Å². The molecule has 1 heterocycles. The van der Waals surface area contributed by atoms with Crippen molar-refractivity contribution in [3.05, 3.63) is 76.0 Å². The summed E-state index contributed by atoms with van der Waals surface area (Å²) in [5.41, 5.74) is 1.66. The van der Waals surface area contributed by atoms with E-state index < -0.39 is 6.10 Å². The Balaban J connectivity index is 1.62. The number of thiazole rings is 1. The third kappa shape index (κ3) is 4.42. The number of nitrogens with zero attached hydrogens (tertiary/aromatic N) is 1. The summed E-state index contributed by atoms with van der Waals surface area (Å²) in [6, 6.07) is 12.7.